The van der Waals surface area contributed by atoms with E-state index in [2.05, 4.69) is 11.4 Å². The molecule has 3 nitrogen and oxygen atoms in total. The molecule has 17 heavy (non-hydrogen) atoms. The summed E-state index contributed by atoms with van der Waals surface area (Å²) in [7, 11) is 0. The lowest BCUT2D eigenvalue weighted by Gasteiger charge is -2.29. The smallest absolute Gasteiger partial charge is 0.335 e. The van der Waals surface area contributed by atoms with Gasteiger partial charge in [-0.1, -0.05) is 12.1 Å². The number of piperidine rings is 1. The van der Waals surface area contributed by atoms with E-state index in [1.54, 1.807) is 6.07 Å². The number of aromatic carboxylic acids is 1. The lowest BCUT2D eigenvalue weighted by Crippen LogP contribution is -2.37. The second-order valence-electron chi connectivity index (χ2n) is 5.24. The van der Waals surface area contributed by atoms with E-state index in [0.717, 1.165) is 12.8 Å². The summed E-state index contributed by atoms with van der Waals surface area (Å²) in [4.78, 5) is 11.0. The van der Waals surface area contributed by atoms with Gasteiger partial charge in [0.15, 0.2) is 0 Å². The van der Waals surface area contributed by atoms with E-state index < -0.39 is 5.97 Å². The van der Waals surface area contributed by atoms with Crippen LogP contribution in [-0.2, 0) is 0 Å². The predicted molar refractivity (Wildman–Crippen MR) is 65.3 cm³/mol. The van der Waals surface area contributed by atoms with Gasteiger partial charge in [-0.15, -0.1) is 0 Å². The molecule has 2 aliphatic heterocycles. The van der Waals surface area contributed by atoms with Crippen molar-refractivity contribution in [2.75, 3.05) is 0 Å². The van der Waals surface area contributed by atoms with Crippen molar-refractivity contribution < 1.29 is 9.90 Å². The van der Waals surface area contributed by atoms with E-state index in [1.165, 1.54) is 18.4 Å². The molecular weight excluding hydrogens is 214 g/mol. The number of rotatable bonds is 2. The Morgan fingerprint density at radius 3 is 2.59 bits per heavy atom. The number of fused-ring (bicyclic) bond motifs is 2. The normalized spacial score (nSPS) is 31.4. The highest BCUT2D eigenvalue weighted by atomic mass is 16.4. The van der Waals surface area contributed by atoms with E-state index in [1.807, 2.05) is 12.1 Å². The van der Waals surface area contributed by atoms with Gasteiger partial charge in [0.1, 0.15) is 0 Å². The van der Waals surface area contributed by atoms with Crippen molar-refractivity contribution in [2.45, 2.75) is 43.7 Å². The van der Waals surface area contributed by atoms with Gasteiger partial charge in [0, 0.05) is 12.1 Å². The van der Waals surface area contributed by atoms with E-state index in [9.17, 15) is 4.79 Å². The van der Waals surface area contributed by atoms with Crippen molar-refractivity contribution in [2.24, 2.45) is 0 Å². The zero-order valence-electron chi connectivity index (χ0n) is 9.73. The number of benzene rings is 1. The van der Waals surface area contributed by atoms with E-state index in [0.29, 0.717) is 23.6 Å². The molecule has 0 aromatic heterocycles. The summed E-state index contributed by atoms with van der Waals surface area (Å²) in [6, 6.07) is 8.74. The Morgan fingerprint density at radius 1 is 1.24 bits per heavy atom. The monoisotopic (exact) mass is 231 g/mol. The Labute approximate surface area is 101 Å². The molecule has 0 spiro atoms. The first-order valence-corrected chi connectivity index (χ1v) is 6.31. The van der Waals surface area contributed by atoms with Gasteiger partial charge in [-0.25, -0.2) is 4.79 Å². The molecule has 2 unspecified atom stereocenters. The minimum absolute atomic E-state index is 0.411. The lowest BCUT2D eigenvalue weighted by molar-refractivity contribution is 0.0696. The molecule has 0 radical (unpaired) electrons. The third-order valence-electron chi connectivity index (χ3n) is 4.08. The van der Waals surface area contributed by atoms with Crippen LogP contribution in [0.2, 0.25) is 0 Å². The van der Waals surface area contributed by atoms with Gasteiger partial charge in [0.05, 0.1) is 5.56 Å². The molecule has 2 fully saturated rings. The lowest BCUT2D eigenvalue weighted by atomic mass is 9.86. The highest BCUT2D eigenvalue weighted by molar-refractivity contribution is 5.87. The Hall–Kier alpha value is -1.35. The summed E-state index contributed by atoms with van der Waals surface area (Å²) in [6.07, 6.45) is 4.86. The van der Waals surface area contributed by atoms with Crippen molar-refractivity contribution in [1.29, 1.82) is 0 Å². The van der Waals surface area contributed by atoms with Gasteiger partial charge in [0.25, 0.3) is 0 Å². The predicted octanol–water partition coefficient (Wildman–Crippen LogP) is 2.38. The maximum absolute atomic E-state index is 11.0. The topological polar surface area (TPSA) is 49.3 Å². The Bertz CT molecular complexity index is 432. The van der Waals surface area contributed by atoms with Crippen molar-refractivity contribution in [3.63, 3.8) is 0 Å². The van der Waals surface area contributed by atoms with Crippen LogP contribution in [0.5, 0.6) is 0 Å². The van der Waals surface area contributed by atoms with Crippen LogP contribution < -0.4 is 5.32 Å². The molecule has 0 amide bonds. The molecule has 90 valence electrons. The average molecular weight is 231 g/mol. The molecular formula is C14H17NO2. The van der Waals surface area contributed by atoms with Gasteiger partial charge < -0.3 is 10.4 Å². The van der Waals surface area contributed by atoms with Gasteiger partial charge in [-0.05, 0) is 49.3 Å². The summed E-state index contributed by atoms with van der Waals surface area (Å²) in [6.45, 7) is 0. The summed E-state index contributed by atoms with van der Waals surface area (Å²) < 4.78 is 0. The zero-order valence-corrected chi connectivity index (χ0v) is 9.73. The fourth-order valence-electron chi connectivity index (χ4n) is 3.26. The van der Waals surface area contributed by atoms with Crippen LogP contribution in [0.15, 0.2) is 24.3 Å². The fourth-order valence-corrected chi connectivity index (χ4v) is 3.26. The van der Waals surface area contributed by atoms with Gasteiger partial charge in [-0.2, -0.15) is 0 Å². The molecule has 2 saturated heterocycles. The minimum Gasteiger partial charge on any atom is -0.478 e. The highest BCUT2D eigenvalue weighted by Gasteiger charge is 2.34. The van der Waals surface area contributed by atoms with Crippen LogP contribution in [0, 0.1) is 0 Å². The maximum atomic E-state index is 11.0. The fraction of sp³-hybridized carbons (Fsp3) is 0.500. The first-order valence-electron chi connectivity index (χ1n) is 6.31. The molecule has 0 saturated carbocycles. The second-order valence-corrected chi connectivity index (χ2v) is 5.24. The standard InChI is InChI=1S/C14H17NO2/c16-14(17)10-3-1-2-9(6-10)11-7-12-4-5-13(8-11)15-12/h1-3,6,11-13,15H,4-5,7-8H2,(H,16,17). The van der Waals surface area contributed by atoms with Crippen LogP contribution in [0.25, 0.3) is 0 Å². The first-order chi connectivity index (χ1) is 8.22. The Balaban J connectivity index is 1.84. The van der Waals surface area contributed by atoms with Crippen molar-refractivity contribution in [3.05, 3.63) is 35.4 Å². The van der Waals surface area contributed by atoms with Crippen molar-refractivity contribution >= 4 is 5.97 Å². The maximum Gasteiger partial charge on any atom is 0.335 e. The molecule has 2 N–H and O–H groups in total. The Morgan fingerprint density at radius 2 is 1.94 bits per heavy atom. The average Bonchev–Trinajstić information content (AvgIpc) is 2.68. The van der Waals surface area contributed by atoms with Crippen LogP contribution in [0.4, 0.5) is 0 Å². The van der Waals surface area contributed by atoms with E-state index >= 15 is 0 Å². The molecule has 1 aromatic carbocycles. The number of nitrogens with one attached hydrogen (secondary N) is 1. The Kier molecular flexibility index (Phi) is 2.63. The molecule has 2 atom stereocenters. The van der Waals surface area contributed by atoms with Crippen LogP contribution in [0.3, 0.4) is 0 Å². The van der Waals surface area contributed by atoms with Crippen molar-refractivity contribution in [1.82, 2.24) is 5.32 Å². The molecule has 1 aromatic rings. The summed E-state index contributed by atoms with van der Waals surface area (Å²) in [5.74, 6) is -0.295. The largest absolute Gasteiger partial charge is 0.478 e. The number of carboxylic acids is 1. The van der Waals surface area contributed by atoms with Gasteiger partial charge in [-0.3, -0.25) is 0 Å². The van der Waals surface area contributed by atoms with Crippen LogP contribution >= 0.6 is 0 Å². The number of hydrogen-bond donors (Lipinski definition) is 2. The van der Waals surface area contributed by atoms with Crippen LogP contribution in [0.1, 0.15) is 47.5 Å². The summed E-state index contributed by atoms with van der Waals surface area (Å²) in [5.41, 5.74) is 1.61. The number of carboxylic acid groups (broad SMARTS) is 1. The second kappa shape index (κ2) is 4.15. The SMILES string of the molecule is O=C(O)c1cccc(C2CC3CCC(C2)N3)c1. The number of hydrogen-bond acceptors (Lipinski definition) is 2. The summed E-state index contributed by atoms with van der Waals surface area (Å²) in [5, 5.41) is 12.6. The molecule has 2 aliphatic rings. The van der Waals surface area contributed by atoms with Gasteiger partial charge in [0.2, 0.25) is 0 Å². The minimum atomic E-state index is -0.830. The summed E-state index contributed by atoms with van der Waals surface area (Å²) >= 11 is 0. The van der Waals surface area contributed by atoms with Crippen LogP contribution in [-0.4, -0.2) is 23.2 Å². The van der Waals surface area contributed by atoms with E-state index in [-0.39, 0.29) is 0 Å². The quantitative estimate of drug-likeness (QED) is 0.821. The molecule has 3 heteroatoms. The number of carbonyl (C=O) groups is 1. The zero-order chi connectivity index (χ0) is 11.8. The molecule has 2 bridgehead atoms. The third kappa shape index (κ3) is 2.07. The molecule has 3 rings (SSSR count). The molecule has 0 aliphatic carbocycles. The highest BCUT2D eigenvalue weighted by Crippen LogP contribution is 2.37. The van der Waals surface area contributed by atoms with Gasteiger partial charge >= 0.3 is 5.97 Å². The van der Waals surface area contributed by atoms with E-state index in [4.69, 9.17) is 5.11 Å². The molecule has 2 heterocycles. The van der Waals surface area contributed by atoms with Crippen molar-refractivity contribution in [3.8, 4) is 0 Å². The third-order valence-corrected chi connectivity index (χ3v) is 4.08. The first kappa shape index (κ1) is 10.8.